The number of nitrogens with one attached hydrogen (secondary N) is 1. The molecule has 3 heteroatoms. The molecule has 1 fully saturated rings. The van der Waals surface area contributed by atoms with Crippen molar-refractivity contribution in [1.82, 2.24) is 4.90 Å². The van der Waals surface area contributed by atoms with Crippen LogP contribution in [0.15, 0.2) is 24.3 Å². The Bertz CT molecular complexity index is 353. The first kappa shape index (κ1) is 13.3. The van der Waals surface area contributed by atoms with Crippen molar-refractivity contribution in [3.63, 3.8) is 0 Å². The summed E-state index contributed by atoms with van der Waals surface area (Å²) in [6.45, 7) is 7.77. The monoisotopic (exact) mass is 249 g/mol. The third kappa shape index (κ3) is 3.98. The maximum Gasteiger partial charge on any atom is 0.123 e. The molecular weight excluding hydrogens is 227 g/mol. The molecule has 2 nitrogen and oxygen atoms in total. The summed E-state index contributed by atoms with van der Waals surface area (Å²) in [7, 11) is 0. The van der Waals surface area contributed by atoms with Gasteiger partial charge in [-0.2, -0.15) is 0 Å². The fraction of sp³-hybridized carbons (Fsp3) is 0.533. The van der Waals surface area contributed by atoms with Crippen LogP contribution in [0.5, 0.6) is 0 Å². The molecule has 99 valence electrons. The van der Waals surface area contributed by atoms with Crippen LogP contribution in [0.3, 0.4) is 0 Å². The smallest absolute Gasteiger partial charge is 0.123 e. The standard InChI is InChI=1S/C15H22FN2/c1-12(2)11-18-9-7-15(8-10-18)17-14-5-3-13(16)4-6-14/h3-6,15,17H,7-11H2,1-2H3. The van der Waals surface area contributed by atoms with Crippen LogP contribution in [0.2, 0.25) is 0 Å². The molecule has 1 aliphatic heterocycles. The third-order valence-corrected chi connectivity index (χ3v) is 3.34. The van der Waals surface area contributed by atoms with E-state index in [0.29, 0.717) is 6.04 Å². The zero-order valence-electron chi connectivity index (χ0n) is 11.2. The van der Waals surface area contributed by atoms with Crippen LogP contribution in [-0.2, 0) is 0 Å². The number of nitrogens with zero attached hydrogens (tertiary/aromatic N) is 1. The first-order valence-corrected chi connectivity index (χ1v) is 6.67. The minimum atomic E-state index is -0.177. The van der Waals surface area contributed by atoms with Gasteiger partial charge in [-0.25, -0.2) is 4.39 Å². The summed E-state index contributed by atoms with van der Waals surface area (Å²) in [4.78, 5) is 2.50. The Labute approximate surface area is 109 Å². The molecule has 0 aliphatic carbocycles. The van der Waals surface area contributed by atoms with E-state index in [1.807, 2.05) is 12.1 Å². The molecule has 1 saturated heterocycles. The fourth-order valence-electron chi connectivity index (χ4n) is 2.46. The maximum absolute atomic E-state index is 12.8. The molecule has 0 amide bonds. The van der Waals surface area contributed by atoms with Gasteiger partial charge in [0.15, 0.2) is 0 Å². The van der Waals surface area contributed by atoms with Crippen LogP contribution in [0.25, 0.3) is 0 Å². The normalized spacial score (nSPS) is 18.2. The summed E-state index contributed by atoms with van der Waals surface area (Å²) in [6, 6.07) is 7.15. The largest absolute Gasteiger partial charge is 0.382 e. The summed E-state index contributed by atoms with van der Waals surface area (Å²) >= 11 is 0. The van der Waals surface area contributed by atoms with Gasteiger partial charge in [-0.15, -0.1) is 0 Å². The van der Waals surface area contributed by atoms with E-state index >= 15 is 0 Å². The van der Waals surface area contributed by atoms with Gasteiger partial charge >= 0.3 is 0 Å². The van der Waals surface area contributed by atoms with E-state index in [0.717, 1.165) is 38.2 Å². The number of halogens is 1. The molecule has 1 aromatic carbocycles. The second kappa shape index (κ2) is 6.19. The Morgan fingerprint density at radius 2 is 1.83 bits per heavy atom. The Morgan fingerprint density at radius 1 is 1.22 bits per heavy atom. The van der Waals surface area contributed by atoms with E-state index in [1.54, 1.807) is 0 Å². The minimum Gasteiger partial charge on any atom is -0.382 e. The van der Waals surface area contributed by atoms with Gasteiger partial charge in [0, 0.05) is 31.4 Å². The number of rotatable bonds is 4. The molecule has 1 heterocycles. The Kier molecular flexibility index (Phi) is 4.59. The fourth-order valence-corrected chi connectivity index (χ4v) is 2.46. The van der Waals surface area contributed by atoms with E-state index in [1.165, 1.54) is 18.1 Å². The van der Waals surface area contributed by atoms with Crippen molar-refractivity contribution in [3.05, 3.63) is 36.0 Å². The summed E-state index contributed by atoms with van der Waals surface area (Å²) < 4.78 is 12.8. The van der Waals surface area contributed by atoms with E-state index < -0.39 is 0 Å². The second-order valence-corrected chi connectivity index (χ2v) is 5.41. The molecule has 1 aliphatic rings. The van der Waals surface area contributed by atoms with E-state index in [-0.39, 0.29) is 5.82 Å². The van der Waals surface area contributed by atoms with E-state index in [2.05, 4.69) is 24.1 Å². The van der Waals surface area contributed by atoms with Crippen molar-refractivity contribution < 1.29 is 4.39 Å². The molecule has 0 unspecified atom stereocenters. The van der Waals surface area contributed by atoms with Gasteiger partial charge in [0.25, 0.3) is 0 Å². The quantitative estimate of drug-likeness (QED) is 0.880. The minimum absolute atomic E-state index is 0.177. The highest BCUT2D eigenvalue weighted by Gasteiger charge is 2.19. The van der Waals surface area contributed by atoms with Gasteiger partial charge in [0.1, 0.15) is 5.82 Å². The van der Waals surface area contributed by atoms with Gasteiger partial charge in [-0.1, -0.05) is 13.8 Å². The molecule has 2 rings (SSSR count). The number of benzene rings is 1. The Hall–Kier alpha value is -1.09. The highest BCUT2D eigenvalue weighted by molar-refractivity contribution is 5.43. The van der Waals surface area contributed by atoms with E-state index in [9.17, 15) is 4.39 Å². The maximum atomic E-state index is 12.8. The Morgan fingerprint density at radius 3 is 2.39 bits per heavy atom. The summed E-state index contributed by atoms with van der Waals surface area (Å²) in [5.74, 6) is 1.30. The predicted molar refractivity (Wildman–Crippen MR) is 74.1 cm³/mol. The van der Waals surface area contributed by atoms with Crippen molar-refractivity contribution in [2.24, 2.45) is 0 Å². The summed E-state index contributed by atoms with van der Waals surface area (Å²) in [5, 5.41) is 3.48. The molecule has 1 N–H and O–H groups in total. The van der Waals surface area contributed by atoms with Gasteiger partial charge in [-0.05, 0) is 43.0 Å². The molecule has 1 aromatic rings. The van der Waals surface area contributed by atoms with Gasteiger partial charge in [-0.3, -0.25) is 0 Å². The highest BCUT2D eigenvalue weighted by Crippen LogP contribution is 2.17. The van der Waals surface area contributed by atoms with Crippen LogP contribution in [0.4, 0.5) is 10.1 Å². The molecule has 18 heavy (non-hydrogen) atoms. The van der Waals surface area contributed by atoms with Crippen molar-refractivity contribution in [1.29, 1.82) is 0 Å². The lowest BCUT2D eigenvalue weighted by molar-refractivity contribution is 0.227. The second-order valence-electron chi connectivity index (χ2n) is 5.41. The lowest BCUT2D eigenvalue weighted by Gasteiger charge is -2.33. The van der Waals surface area contributed by atoms with Crippen LogP contribution in [-0.4, -0.2) is 30.6 Å². The Balaban J connectivity index is 1.78. The number of likely N-dealkylation sites (tertiary alicyclic amines) is 1. The van der Waals surface area contributed by atoms with Gasteiger partial charge in [0.05, 0.1) is 0 Å². The van der Waals surface area contributed by atoms with Crippen LogP contribution >= 0.6 is 0 Å². The van der Waals surface area contributed by atoms with Crippen molar-refractivity contribution >= 4 is 5.69 Å². The van der Waals surface area contributed by atoms with Crippen molar-refractivity contribution in [3.8, 4) is 0 Å². The number of piperidine rings is 1. The number of anilines is 1. The first-order chi connectivity index (χ1) is 8.63. The molecule has 0 bridgehead atoms. The number of hydrogen-bond donors (Lipinski definition) is 1. The molecule has 0 saturated carbocycles. The van der Waals surface area contributed by atoms with Gasteiger partial charge < -0.3 is 10.2 Å². The summed E-state index contributed by atoms with van der Waals surface area (Å²) in [6.07, 6.45) is 2.31. The highest BCUT2D eigenvalue weighted by atomic mass is 19.1. The molecule has 0 spiro atoms. The molecule has 0 aromatic heterocycles. The van der Waals surface area contributed by atoms with Crippen molar-refractivity contribution in [2.75, 3.05) is 25.0 Å². The lowest BCUT2D eigenvalue weighted by Crippen LogP contribution is -2.40. The van der Waals surface area contributed by atoms with Gasteiger partial charge in [0.2, 0.25) is 0 Å². The van der Waals surface area contributed by atoms with Crippen LogP contribution in [0.1, 0.15) is 26.7 Å². The number of hydrogen-bond acceptors (Lipinski definition) is 2. The molecule has 0 atom stereocenters. The predicted octanol–water partition coefficient (Wildman–Crippen LogP) is 3.32. The SMILES string of the molecule is C[C](C)CN1CCC(Nc2ccc(F)cc2)CC1. The molecular formula is C15H22FN2. The summed E-state index contributed by atoms with van der Waals surface area (Å²) in [5.41, 5.74) is 1.02. The van der Waals surface area contributed by atoms with Crippen molar-refractivity contribution in [2.45, 2.75) is 32.7 Å². The third-order valence-electron chi connectivity index (χ3n) is 3.34. The van der Waals surface area contributed by atoms with Crippen LogP contribution in [0, 0.1) is 11.7 Å². The molecule has 1 radical (unpaired) electrons. The average molecular weight is 249 g/mol. The zero-order chi connectivity index (χ0) is 13.0. The zero-order valence-corrected chi connectivity index (χ0v) is 11.2. The van der Waals surface area contributed by atoms with E-state index in [4.69, 9.17) is 0 Å². The average Bonchev–Trinajstić information content (AvgIpc) is 2.34. The lowest BCUT2D eigenvalue weighted by atomic mass is 10.0. The first-order valence-electron chi connectivity index (χ1n) is 6.67. The van der Waals surface area contributed by atoms with Crippen LogP contribution < -0.4 is 5.32 Å². The topological polar surface area (TPSA) is 15.3 Å².